The van der Waals surface area contributed by atoms with Gasteiger partial charge in [0.25, 0.3) is 5.91 Å². The van der Waals surface area contributed by atoms with E-state index >= 15 is 0 Å². The number of carbonyl (C=O) groups excluding carboxylic acids is 2. The van der Waals surface area contributed by atoms with E-state index in [-0.39, 0.29) is 17.4 Å². The van der Waals surface area contributed by atoms with Gasteiger partial charge in [-0.25, -0.2) is 0 Å². The van der Waals surface area contributed by atoms with E-state index in [0.29, 0.717) is 28.3 Å². The van der Waals surface area contributed by atoms with E-state index in [2.05, 4.69) is 5.32 Å². The molecule has 0 bridgehead atoms. The molecule has 6 heteroatoms. The van der Waals surface area contributed by atoms with Gasteiger partial charge >= 0.3 is 0 Å². The second-order valence-corrected chi connectivity index (χ2v) is 8.37. The van der Waals surface area contributed by atoms with Crippen molar-refractivity contribution in [3.05, 3.63) is 96.1 Å². The summed E-state index contributed by atoms with van der Waals surface area (Å²) in [5.74, 6) is 1.24. The Morgan fingerprint density at radius 3 is 2.18 bits per heavy atom. The van der Waals surface area contributed by atoms with Gasteiger partial charge in [0.1, 0.15) is 0 Å². The molecule has 0 saturated carbocycles. The van der Waals surface area contributed by atoms with Gasteiger partial charge in [-0.05, 0) is 65.4 Å². The van der Waals surface area contributed by atoms with Crippen LogP contribution >= 0.6 is 11.8 Å². The quantitative estimate of drug-likeness (QED) is 0.256. The van der Waals surface area contributed by atoms with Crippen LogP contribution in [0.5, 0.6) is 11.5 Å². The fourth-order valence-electron chi connectivity index (χ4n) is 3.41. The Hall–Kier alpha value is -3.77. The number of benzene rings is 4. The number of rotatable bonds is 8. The van der Waals surface area contributed by atoms with Crippen molar-refractivity contribution < 1.29 is 19.1 Å². The van der Waals surface area contributed by atoms with Gasteiger partial charge in [0.15, 0.2) is 17.3 Å². The maximum absolute atomic E-state index is 12.6. The molecular formula is C27H23NO4S. The van der Waals surface area contributed by atoms with Crippen molar-refractivity contribution in [1.29, 1.82) is 0 Å². The topological polar surface area (TPSA) is 64.6 Å². The molecule has 1 N–H and O–H groups in total. The predicted octanol–water partition coefficient (Wildman–Crippen LogP) is 6.08. The van der Waals surface area contributed by atoms with Crippen molar-refractivity contribution in [3.63, 3.8) is 0 Å². The molecule has 0 unspecified atom stereocenters. The molecule has 4 rings (SSSR count). The van der Waals surface area contributed by atoms with Gasteiger partial charge in [0.05, 0.1) is 20.0 Å². The molecule has 0 atom stereocenters. The normalized spacial score (nSPS) is 10.6. The van der Waals surface area contributed by atoms with Gasteiger partial charge in [-0.3, -0.25) is 9.59 Å². The zero-order valence-corrected chi connectivity index (χ0v) is 19.1. The van der Waals surface area contributed by atoms with Crippen LogP contribution in [-0.2, 0) is 0 Å². The van der Waals surface area contributed by atoms with E-state index in [1.165, 1.54) is 11.8 Å². The molecule has 166 valence electrons. The summed E-state index contributed by atoms with van der Waals surface area (Å²) in [6.07, 6.45) is 0. The molecule has 4 aromatic rings. The van der Waals surface area contributed by atoms with E-state index in [0.717, 1.165) is 15.7 Å². The molecule has 1 amide bonds. The largest absolute Gasteiger partial charge is 0.493 e. The predicted molar refractivity (Wildman–Crippen MR) is 133 cm³/mol. The van der Waals surface area contributed by atoms with Gasteiger partial charge in [-0.15, -0.1) is 11.8 Å². The first kappa shape index (κ1) is 22.4. The summed E-state index contributed by atoms with van der Waals surface area (Å²) >= 11 is 1.44. The first-order valence-corrected chi connectivity index (χ1v) is 11.3. The van der Waals surface area contributed by atoms with Crippen LogP contribution in [-0.4, -0.2) is 31.7 Å². The van der Waals surface area contributed by atoms with Crippen LogP contribution in [0, 0.1) is 0 Å². The first-order chi connectivity index (χ1) is 16.1. The molecule has 0 aromatic heterocycles. The van der Waals surface area contributed by atoms with E-state index in [1.807, 2.05) is 66.7 Å². The average molecular weight is 458 g/mol. The summed E-state index contributed by atoms with van der Waals surface area (Å²) in [4.78, 5) is 26.1. The number of carbonyl (C=O) groups is 2. The fraction of sp³-hybridized carbons (Fsp3) is 0.111. The summed E-state index contributed by atoms with van der Waals surface area (Å²) in [5, 5.41) is 5.04. The lowest BCUT2D eigenvalue weighted by Crippen LogP contribution is -2.11. The molecule has 0 aliphatic heterocycles. The van der Waals surface area contributed by atoms with Crippen LogP contribution < -0.4 is 14.8 Å². The van der Waals surface area contributed by atoms with E-state index in [1.54, 1.807) is 32.4 Å². The molecule has 0 aliphatic carbocycles. The fourth-order valence-corrected chi connectivity index (χ4v) is 4.20. The number of nitrogens with one attached hydrogen (secondary N) is 1. The Kier molecular flexibility index (Phi) is 6.95. The lowest BCUT2D eigenvalue weighted by atomic mass is 10.1. The van der Waals surface area contributed by atoms with Crippen LogP contribution in [0.3, 0.4) is 0 Å². The van der Waals surface area contributed by atoms with E-state index in [4.69, 9.17) is 9.47 Å². The second-order valence-electron chi connectivity index (χ2n) is 7.32. The van der Waals surface area contributed by atoms with Crippen molar-refractivity contribution in [2.75, 3.05) is 25.3 Å². The maximum Gasteiger partial charge on any atom is 0.255 e. The zero-order chi connectivity index (χ0) is 23.2. The number of ether oxygens (including phenoxy) is 2. The van der Waals surface area contributed by atoms with Crippen LogP contribution in [0.15, 0.2) is 89.8 Å². The van der Waals surface area contributed by atoms with Gasteiger partial charge in [0, 0.05) is 21.7 Å². The highest BCUT2D eigenvalue weighted by Crippen LogP contribution is 2.29. The van der Waals surface area contributed by atoms with Crippen LogP contribution in [0.2, 0.25) is 0 Å². The lowest BCUT2D eigenvalue weighted by Gasteiger charge is -2.09. The van der Waals surface area contributed by atoms with Gasteiger partial charge < -0.3 is 14.8 Å². The maximum atomic E-state index is 12.6. The smallest absolute Gasteiger partial charge is 0.255 e. The molecule has 0 saturated heterocycles. The molecule has 0 radical (unpaired) electrons. The standard InChI is InChI=1S/C27H23NO4S/c1-31-25-14-9-20(16-26(25)32-2)24(29)17-33-23-12-10-22(11-13-23)28-27(30)21-8-7-18-5-3-4-6-19(18)15-21/h3-16H,17H2,1-2H3,(H,28,30). The summed E-state index contributed by atoms with van der Waals surface area (Å²) < 4.78 is 10.5. The van der Waals surface area contributed by atoms with E-state index < -0.39 is 0 Å². The van der Waals surface area contributed by atoms with Crippen molar-refractivity contribution in [3.8, 4) is 11.5 Å². The van der Waals surface area contributed by atoms with Gasteiger partial charge in [-0.2, -0.15) is 0 Å². The molecule has 5 nitrogen and oxygen atoms in total. The minimum absolute atomic E-state index is 0.00497. The van der Waals surface area contributed by atoms with Gasteiger partial charge in [-0.1, -0.05) is 30.3 Å². The molecule has 33 heavy (non-hydrogen) atoms. The van der Waals surface area contributed by atoms with Crippen LogP contribution in [0.1, 0.15) is 20.7 Å². The number of thioether (sulfide) groups is 1. The average Bonchev–Trinajstić information content (AvgIpc) is 2.87. The van der Waals surface area contributed by atoms with E-state index in [9.17, 15) is 9.59 Å². The number of Topliss-reactive ketones (excluding diaryl/α,β-unsaturated/α-hetero) is 1. The minimum Gasteiger partial charge on any atom is -0.493 e. The molecule has 4 aromatic carbocycles. The monoisotopic (exact) mass is 457 g/mol. The van der Waals surface area contributed by atoms with Crippen molar-refractivity contribution in [2.24, 2.45) is 0 Å². The summed E-state index contributed by atoms with van der Waals surface area (Å²) in [5.41, 5.74) is 1.87. The van der Waals surface area contributed by atoms with Gasteiger partial charge in [0.2, 0.25) is 0 Å². The molecular weight excluding hydrogens is 434 g/mol. The number of hydrogen-bond acceptors (Lipinski definition) is 5. The second kappa shape index (κ2) is 10.2. The minimum atomic E-state index is -0.162. The Balaban J connectivity index is 1.36. The lowest BCUT2D eigenvalue weighted by molar-refractivity contribution is 0.101. The third-order valence-corrected chi connectivity index (χ3v) is 6.21. The van der Waals surface area contributed by atoms with Crippen LogP contribution in [0.4, 0.5) is 5.69 Å². The number of fused-ring (bicyclic) bond motifs is 1. The Morgan fingerprint density at radius 2 is 1.45 bits per heavy atom. The Labute approximate surface area is 196 Å². The molecule has 0 fully saturated rings. The van der Waals surface area contributed by atoms with Crippen molar-refractivity contribution in [2.45, 2.75) is 4.90 Å². The number of amides is 1. The first-order valence-electron chi connectivity index (χ1n) is 10.4. The Bertz CT molecular complexity index is 1300. The zero-order valence-electron chi connectivity index (χ0n) is 18.3. The third kappa shape index (κ3) is 5.35. The molecule has 0 aliphatic rings. The van der Waals surface area contributed by atoms with Crippen molar-refractivity contribution >= 4 is 39.9 Å². The highest BCUT2D eigenvalue weighted by molar-refractivity contribution is 8.00. The molecule has 0 heterocycles. The number of methoxy groups -OCH3 is 2. The highest BCUT2D eigenvalue weighted by Gasteiger charge is 2.12. The van der Waals surface area contributed by atoms with Crippen LogP contribution in [0.25, 0.3) is 10.8 Å². The Morgan fingerprint density at radius 1 is 0.758 bits per heavy atom. The summed E-state index contributed by atoms with van der Waals surface area (Å²) in [6, 6.07) is 26.2. The number of anilines is 1. The highest BCUT2D eigenvalue weighted by atomic mass is 32.2. The number of ketones is 1. The number of hydrogen-bond donors (Lipinski definition) is 1. The summed E-state index contributed by atoms with van der Waals surface area (Å²) in [7, 11) is 3.10. The summed E-state index contributed by atoms with van der Waals surface area (Å²) in [6.45, 7) is 0. The SMILES string of the molecule is COc1ccc(C(=O)CSc2ccc(NC(=O)c3ccc4ccccc4c3)cc2)cc1OC. The molecule has 0 spiro atoms. The third-order valence-electron chi connectivity index (χ3n) is 5.20. The van der Waals surface area contributed by atoms with Crippen molar-refractivity contribution in [1.82, 2.24) is 0 Å².